The molecule has 0 amide bonds. The van der Waals surface area contributed by atoms with Gasteiger partial charge in [-0.15, -0.1) is 0 Å². The number of aliphatic hydroxyl groups is 1. The summed E-state index contributed by atoms with van der Waals surface area (Å²) in [5, 5.41) is 18.7. The molecule has 2 aliphatic rings. The van der Waals surface area contributed by atoms with Crippen molar-refractivity contribution in [1.82, 2.24) is 24.4 Å². The van der Waals surface area contributed by atoms with Gasteiger partial charge < -0.3 is 10.8 Å². The predicted octanol–water partition coefficient (Wildman–Crippen LogP) is 3.42. The molecule has 3 aromatic heterocycles. The summed E-state index contributed by atoms with van der Waals surface area (Å²) in [4.78, 5) is 4.24. The molecule has 7 nitrogen and oxygen atoms in total. The van der Waals surface area contributed by atoms with Gasteiger partial charge >= 0.3 is 0 Å². The molecule has 6 rings (SSSR count). The van der Waals surface area contributed by atoms with Gasteiger partial charge in [-0.05, 0) is 55.4 Å². The minimum absolute atomic E-state index is 0.167. The van der Waals surface area contributed by atoms with Gasteiger partial charge in [0.2, 0.25) is 0 Å². The summed E-state index contributed by atoms with van der Waals surface area (Å²) in [6.45, 7) is 0. The van der Waals surface area contributed by atoms with E-state index in [1.165, 1.54) is 11.9 Å². The number of benzene rings is 1. The van der Waals surface area contributed by atoms with E-state index in [2.05, 4.69) is 50.2 Å². The highest BCUT2D eigenvalue weighted by Gasteiger charge is 2.30. The second kappa shape index (κ2) is 6.15. The number of aliphatic hydroxyl groups excluding tert-OH is 1. The van der Waals surface area contributed by atoms with Gasteiger partial charge in [-0.25, -0.2) is 9.50 Å². The molecule has 2 fully saturated rings. The van der Waals surface area contributed by atoms with Crippen molar-refractivity contribution in [2.45, 2.75) is 43.7 Å². The zero-order valence-electron chi connectivity index (χ0n) is 15.9. The number of anilines is 1. The van der Waals surface area contributed by atoms with Gasteiger partial charge in [0.25, 0.3) is 0 Å². The standard InChI is InChI=1S/C22H22N6O/c23-22-21-18(19-6-7-25-27(19)16-4-5-16)11-20(28(21)26-12-24-22)14-3-1-2-13(8-14)15-9-17(29)10-15/h1-3,6-8,11-12,15-17,29H,4-5,9-10H2,(H2,23,24,26)/t15-,17-. The molecule has 2 saturated carbocycles. The maximum atomic E-state index is 9.68. The smallest absolute Gasteiger partial charge is 0.152 e. The number of fused-ring (bicyclic) bond motifs is 1. The fourth-order valence-corrected chi connectivity index (χ4v) is 4.42. The van der Waals surface area contributed by atoms with Crippen molar-refractivity contribution in [3.05, 3.63) is 54.5 Å². The van der Waals surface area contributed by atoms with Crippen LogP contribution in [-0.4, -0.2) is 35.6 Å². The first-order valence-corrected chi connectivity index (χ1v) is 10.1. The summed E-state index contributed by atoms with van der Waals surface area (Å²) < 4.78 is 3.98. The summed E-state index contributed by atoms with van der Waals surface area (Å²) in [7, 11) is 0. The molecule has 0 saturated heterocycles. The van der Waals surface area contributed by atoms with Crippen LogP contribution in [0.15, 0.2) is 48.9 Å². The molecular weight excluding hydrogens is 364 g/mol. The van der Waals surface area contributed by atoms with E-state index in [4.69, 9.17) is 5.73 Å². The van der Waals surface area contributed by atoms with Gasteiger partial charge in [0, 0.05) is 17.3 Å². The molecule has 4 aromatic rings. The molecule has 2 aliphatic carbocycles. The molecule has 29 heavy (non-hydrogen) atoms. The Labute approximate surface area is 167 Å². The highest BCUT2D eigenvalue weighted by molar-refractivity contribution is 5.91. The number of hydrogen-bond donors (Lipinski definition) is 2. The van der Waals surface area contributed by atoms with Crippen LogP contribution < -0.4 is 5.73 Å². The monoisotopic (exact) mass is 386 g/mol. The largest absolute Gasteiger partial charge is 0.393 e. The lowest BCUT2D eigenvalue weighted by atomic mass is 9.77. The first-order valence-electron chi connectivity index (χ1n) is 10.1. The Morgan fingerprint density at radius 3 is 2.69 bits per heavy atom. The van der Waals surface area contributed by atoms with Crippen LogP contribution in [0.1, 0.15) is 43.2 Å². The molecule has 0 atom stereocenters. The predicted molar refractivity (Wildman–Crippen MR) is 110 cm³/mol. The normalized spacial score (nSPS) is 21.4. The first-order chi connectivity index (χ1) is 14.2. The van der Waals surface area contributed by atoms with E-state index in [0.717, 1.165) is 53.7 Å². The average molecular weight is 386 g/mol. The van der Waals surface area contributed by atoms with E-state index < -0.39 is 0 Å². The summed E-state index contributed by atoms with van der Waals surface area (Å²) in [6.07, 6.45) is 7.17. The zero-order chi connectivity index (χ0) is 19.5. The van der Waals surface area contributed by atoms with Crippen molar-refractivity contribution < 1.29 is 5.11 Å². The van der Waals surface area contributed by atoms with Gasteiger partial charge in [0.05, 0.1) is 23.5 Å². The molecule has 0 spiro atoms. The van der Waals surface area contributed by atoms with Crippen LogP contribution in [0, 0.1) is 0 Å². The third-order valence-electron chi connectivity index (χ3n) is 6.19. The molecule has 0 aliphatic heterocycles. The van der Waals surface area contributed by atoms with E-state index >= 15 is 0 Å². The minimum atomic E-state index is -0.167. The number of nitrogens with zero attached hydrogens (tertiary/aromatic N) is 5. The van der Waals surface area contributed by atoms with Gasteiger partial charge in [0.15, 0.2) is 5.82 Å². The lowest BCUT2D eigenvalue weighted by Gasteiger charge is -2.31. The van der Waals surface area contributed by atoms with E-state index in [1.807, 2.05) is 16.8 Å². The molecule has 0 bridgehead atoms. The fourth-order valence-electron chi connectivity index (χ4n) is 4.42. The van der Waals surface area contributed by atoms with Crippen LogP contribution in [0.5, 0.6) is 0 Å². The van der Waals surface area contributed by atoms with Crippen molar-refractivity contribution >= 4 is 11.3 Å². The van der Waals surface area contributed by atoms with Crippen LogP contribution in [0.4, 0.5) is 5.82 Å². The Hall–Kier alpha value is -3.19. The molecule has 7 heteroatoms. The van der Waals surface area contributed by atoms with Crippen LogP contribution >= 0.6 is 0 Å². The maximum Gasteiger partial charge on any atom is 0.152 e. The second-order valence-corrected chi connectivity index (χ2v) is 8.19. The number of aromatic nitrogens is 5. The Bertz CT molecular complexity index is 1220. The summed E-state index contributed by atoms with van der Waals surface area (Å²) in [5.41, 5.74) is 12.5. The molecule has 0 unspecified atom stereocenters. The Morgan fingerprint density at radius 1 is 1.03 bits per heavy atom. The highest BCUT2D eigenvalue weighted by Crippen LogP contribution is 2.42. The second-order valence-electron chi connectivity index (χ2n) is 8.19. The molecule has 1 aromatic carbocycles. The number of rotatable bonds is 4. The lowest BCUT2D eigenvalue weighted by molar-refractivity contribution is 0.0746. The van der Waals surface area contributed by atoms with Crippen molar-refractivity contribution in [1.29, 1.82) is 0 Å². The molecular formula is C22H22N6O. The molecule has 0 radical (unpaired) electrons. The van der Waals surface area contributed by atoms with Crippen molar-refractivity contribution in [3.63, 3.8) is 0 Å². The van der Waals surface area contributed by atoms with Crippen molar-refractivity contribution in [3.8, 4) is 22.5 Å². The van der Waals surface area contributed by atoms with Crippen LogP contribution in [-0.2, 0) is 0 Å². The SMILES string of the molecule is Nc1ncnn2c(-c3cccc([C@H]4C[C@H](O)C4)c3)cc(-c3ccnn3C3CC3)c12. The number of nitrogens with two attached hydrogens (primary N) is 1. The van der Waals surface area contributed by atoms with Crippen LogP contribution in [0.25, 0.3) is 28.0 Å². The van der Waals surface area contributed by atoms with E-state index in [1.54, 1.807) is 0 Å². The van der Waals surface area contributed by atoms with Crippen LogP contribution in [0.3, 0.4) is 0 Å². The third kappa shape index (κ3) is 2.65. The fraction of sp³-hybridized carbons (Fsp3) is 0.318. The van der Waals surface area contributed by atoms with Crippen LogP contribution in [0.2, 0.25) is 0 Å². The topological polar surface area (TPSA) is 94.3 Å². The lowest BCUT2D eigenvalue weighted by Crippen LogP contribution is -2.26. The quantitative estimate of drug-likeness (QED) is 0.560. The first kappa shape index (κ1) is 16.7. The van der Waals surface area contributed by atoms with Gasteiger partial charge in [-0.2, -0.15) is 10.2 Å². The number of hydrogen-bond acceptors (Lipinski definition) is 5. The van der Waals surface area contributed by atoms with Gasteiger partial charge in [-0.3, -0.25) is 4.68 Å². The van der Waals surface area contributed by atoms with E-state index in [9.17, 15) is 5.11 Å². The van der Waals surface area contributed by atoms with Crippen molar-refractivity contribution in [2.75, 3.05) is 5.73 Å². The zero-order valence-corrected chi connectivity index (χ0v) is 15.9. The Balaban J connectivity index is 1.53. The molecule has 3 heterocycles. The summed E-state index contributed by atoms with van der Waals surface area (Å²) in [5.74, 6) is 0.884. The van der Waals surface area contributed by atoms with Gasteiger partial charge in [0.1, 0.15) is 11.8 Å². The van der Waals surface area contributed by atoms with E-state index in [0.29, 0.717) is 17.8 Å². The average Bonchev–Trinajstić information content (AvgIpc) is 3.30. The maximum absolute atomic E-state index is 9.68. The highest BCUT2D eigenvalue weighted by atomic mass is 16.3. The number of nitrogen functional groups attached to an aromatic ring is 1. The van der Waals surface area contributed by atoms with E-state index in [-0.39, 0.29) is 6.10 Å². The third-order valence-corrected chi connectivity index (χ3v) is 6.19. The molecule has 3 N–H and O–H groups in total. The summed E-state index contributed by atoms with van der Waals surface area (Å²) >= 11 is 0. The summed E-state index contributed by atoms with van der Waals surface area (Å²) in [6, 6.07) is 13.2. The van der Waals surface area contributed by atoms with Crippen molar-refractivity contribution in [2.24, 2.45) is 0 Å². The molecule has 146 valence electrons. The Morgan fingerprint density at radius 2 is 1.90 bits per heavy atom. The minimum Gasteiger partial charge on any atom is -0.393 e. The van der Waals surface area contributed by atoms with Gasteiger partial charge in [-0.1, -0.05) is 18.2 Å². The Kier molecular flexibility index (Phi) is 3.55.